The number of fused-ring (bicyclic) bond motifs is 1. The summed E-state index contributed by atoms with van der Waals surface area (Å²) in [5, 5.41) is 34.0. The highest BCUT2D eigenvalue weighted by Crippen LogP contribution is 2.33. The van der Waals surface area contributed by atoms with Gasteiger partial charge in [0.05, 0.1) is 25.2 Å². The molecule has 5 rings (SSSR count). The fourth-order valence-corrected chi connectivity index (χ4v) is 6.47. The summed E-state index contributed by atoms with van der Waals surface area (Å²) in [4.78, 5) is 13.7. The summed E-state index contributed by atoms with van der Waals surface area (Å²) in [7, 11) is -3.58. The highest BCUT2D eigenvalue weighted by molar-refractivity contribution is 7.89. The van der Waals surface area contributed by atoms with Crippen LogP contribution in [0.5, 0.6) is 0 Å². The lowest BCUT2D eigenvalue weighted by Gasteiger charge is -2.20. The second-order valence-electron chi connectivity index (χ2n) is 10.8. The van der Waals surface area contributed by atoms with E-state index in [2.05, 4.69) is 49.3 Å². The Hall–Kier alpha value is -3.46. The van der Waals surface area contributed by atoms with Crippen LogP contribution in [0, 0.1) is 5.92 Å². The average Bonchev–Trinajstić information content (AvgIpc) is 3.52. The van der Waals surface area contributed by atoms with Gasteiger partial charge in [-0.25, -0.2) is 28.1 Å². The number of nitrogens with one attached hydrogen (secondary N) is 2. The lowest BCUT2D eigenvalue weighted by Crippen LogP contribution is -2.33. The number of ether oxygens (including phenoxy) is 1. The van der Waals surface area contributed by atoms with Crippen molar-refractivity contribution in [2.24, 2.45) is 5.92 Å². The topological polar surface area (TPSA) is 172 Å². The second-order valence-corrected chi connectivity index (χ2v) is 12.6. The molecule has 0 aliphatic carbocycles. The van der Waals surface area contributed by atoms with Crippen molar-refractivity contribution in [1.82, 2.24) is 24.2 Å². The number of aliphatic hydroxyl groups excluding tert-OH is 3. The molecular weight excluding hydrogens is 560 g/mol. The monoisotopic (exact) mass is 596 g/mol. The van der Waals surface area contributed by atoms with E-state index in [0.29, 0.717) is 17.9 Å². The minimum Gasteiger partial charge on any atom is -0.394 e. The highest BCUT2D eigenvalue weighted by Gasteiger charge is 2.44. The van der Waals surface area contributed by atoms with E-state index < -0.39 is 41.2 Å². The standard InChI is InChI=1S/C29H36N6O6S/c1-18(2)16-42(39,40)32-14-23-33-27(30-13-21(19-9-5-3-6-10-19)20-11-7-4-8-12-20)24-28(34-23)35(17-31-24)29-26(38)25(37)22(15-36)41-29/h3-12,17-18,21-22,25-26,29,32,36-38H,13-16H2,1-2H3,(H,30,33,34)/t22-,25?,26?,29?/m1/s1. The van der Waals surface area contributed by atoms with Gasteiger partial charge in [-0.2, -0.15) is 0 Å². The Kier molecular flexibility index (Phi) is 9.16. The van der Waals surface area contributed by atoms with Crippen molar-refractivity contribution in [1.29, 1.82) is 0 Å². The molecule has 42 heavy (non-hydrogen) atoms. The maximum Gasteiger partial charge on any atom is 0.212 e. The predicted octanol–water partition coefficient (Wildman–Crippen LogP) is 1.76. The van der Waals surface area contributed by atoms with Crippen LogP contribution in [-0.4, -0.2) is 80.5 Å². The number of hydrogen-bond donors (Lipinski definition) is 5. The van der Waals surface area contributed by atoms with Gasteiger partial charge in [-0.15, -0.1) is 0 Å². The van der Waals surface area contributed by atoms with Crippen LogP contribution in [0.3, 0.4) is 0 Å². The van der Waals surface area contributed by atoms with Gasteiger partial charge in [-0.05, 0) is 17.0 Å². The van der Waals surface area contributed by atoms with Gasteiger partial charge in [0.2, 0.25) is 10.0 Å². The van der Waals surface area contributed by atoms with E-state index in [-0.39, 0.29) is 35.6 Å². The molecular formula is C29H36N6O6S. The third kappa shape index (κ3) is 6.61. The van der Waals surface area contributed by atoms with E-state index in [1.165, 1.54) is 10.9 Å². The first kappa shape index (κ1) is 30.0. The fourth-order valence-electron chi connectivity index (χ4n) is 5.13. The number of sulfonamides is 1. The van der Waals surface area contributed by atoms with Crippen molar-refractivity contribution in [2.75, 3.05) is 24.2 Å². The van der Waals surface area contributed by atoms with E-state index in [9.17, 15) is 23.7 Å². The average molecular weight is 597 g/mol. The molecule has 1 aliphatic heterocycles. The normalized spacial score (nSPS) is 21.0. The van der Waals surface area contributed by atoms with Gasteiger partial charge >= 0.3 is 0 Å². The van der Waals surface area contributed by atoms with Crippen LogP contribution < -0.4 is 10.0 Å². The Bertz CT molecular complexity index is 1540. The molecule has 0 radical (unpaired) electrons. The van der Waals surface area contributed by atoms with E-state index in [1.807, 2.05) is 50.2 Å². The van der Waals surface area contributed by atoms with Gasteiger partial charge in [0.15, 0.2) is 23.2 Å². The molecule has 1 fully saturated rings. The minimum atomic E-state index is -3.58. The molecule has 1 saturated heterocycles. The fraction of sp³-hybridized carbons (Fsp3) is 0.414. The lowest BCUT2D eigenvalue weighted by atomic mass is 9.91. The molecule has 3 unspecified atom stereocenters. The number of benzene rings is 2. The summed E-state index contributed by atoms with van der Waals surface area (Å²) < 4.78 is 34.9. The summed E-state index contributed by atoms with van der Waals surface area (Å²) in [6, 6.07) is 20.1. The maximum absolute atomic E-state index is 12.6. The first-order valence-electron chi connectivity index (χ1n) is 13.8. The summed E-state index contributed by atoms with van der Waals surface area (Å²) in [6.07, 6.45) is -3.29. The number of rotatable bonds is 12. The third-order valence-corrected chi connectivity index (χ3v) is 8.83. The van der Waals surface area contributed by atoms with Crippen LogP contribution in [0.15, 0.2) is 67.0 Å². The van der Waals surface area contributed by atoms with Crippen LogP contribution in [0.2, 0.25) is 0 Å². The van der Waals surface area contributed by atoms with Crippen LogP contribution >= 0.6 is 0 Å². The van der Waals surface area contributed by atoms with Gasteiger partial charge in [-0.3, -0.25) is 4.57 Å². The quantitative estimate of drug-likeness (QED) is 0.162. The number of anilines is 1. The largest absolute Gasteiger partial charge is 0.394 e. The first-order valence-corrected chi connectivity index (χ1v) is 15.5. The third-order valence-electron chi connectivity index (χ3n) is 7.14. The van der Waals surface area contributed by atoms with Crippen molar-refractivity contribution in [3.63, 3.8) is 0 Å². The highest BCUT2D eigenvalue weighted by atomic mass is 32.2. The van der Waals surface area contributed by atoms with Crippen molar-refractivity contribution < 1.29 is 28.5 Å². The van der Waals surface area contributed by atoms with Crippen LogP contribution in [-0.2, 0) is 21.3 Å². The molecule has 0 bridgehead atoms. The van der Waals surface area contributed by atoms with Gasteiger partial charge < -0.3 is 25.4 Å². The van der Waals surface area contributed by atoms with Crippen molar-refractivity contribution in [3.05, 3.63) is 83.9 Å². The Morgan fingerprint density at radius 2 is 1.62 bits per heavy atom. The molecule has 2 aromatic heterocycles. The van der Waals surface area contributed by atoms with E-state index in [1.54, 1.807) is 0 Å². The summed E-state index contributed by atoms with van der Waals surface area (Å²) in [5.41, 5.74) is 2.85. The molecule has 0 amide bonds. The Balaban J connectivity index is 1.51. The number of aromatic nitrogens is 4. The SMILES string of the molecule is CC(C)CS(=O)(=O)NCc1nc(NCC(c2ccccc2)c2ccccc2)c2ncn(C3O[C@H](CO)C(O)C3O)c2n1. The zero-order chi connectivity index (χ0) is 29.9. The summed E-state index contributed by atoms with van der Waals surface area (Å²) in [5.74, 6) is 0.413. The molecule has 13 heteroatoms. The molecule has 5 N–H and O–H groups in total. The van der Waals surface area contributed by atoms with Crippen LogP contribution in [0.1, 0.15) is 42.9 Å². The molecule has 4 aromatic rings. The zero-order valence-corrected chi connectivity index (χ0v) is 24.2. The van der Waals surface area contributed by atoms with Crippen LogP contribution in [0.4, 0.5) is 5.82 Å². The molecule has 0 saturated carbocycles. The Labute approximate surface area is 244 Å². The number of nitrogens with zero attached hydrogens (tertiary/aromatic N) is 4. The molecule has 0 spiro atoms. The minimum absolute atomic E-state index is 0.0343. The number of aliphatic hydroxyl groups is 3. The van der Waals surface area contributed by atoms with Crippen molar-refractivity contribution in [3.8, 4) is 0 Å². The molecule has 12 nitrogen and oxygen atoms in total. The molecule has 3 heterocycles. The van der Waals surface area contributed by atoms with Gasteiger partial charge in [0, 0.05) is 12.5 Å². The molecule has 224 valence electrons. The lowest BCUT2D eigenvalue weighted by molar-refractivity contribution is -0.0511. The summed E-state index contributed by atoms with van der Waals surface area (Å²) in [6.45, 7) is 3.44. The van der Waals surface area contributed by atoms with Gasteiger partial charge in [-0.1, -0.05) is 74.5 Å². The predicted molar refractivity (Wildman–Crippen MR) is 157 cm³/mol. The van der Waals surface area contributed by atoms with Crippen molar-refractivity contribution >= 4 is 27.0 Å². The zero-order valence-electron chi connectivity index (χ0n) is 23.4. The van der Waals surface area contributed by atoms with E-state index >= 15 is 0 Å². The van der Waals surface area contributed by atoms with Crippen molar-refractivity contribution in [2.45, 2.75) is 50.8 Å². The smallest absolute Gasteiger partial charge is 0.212 e. The Morgan fingerprint density at radius 3 is 2.19 bits per heavy atom. The first-order chi connectivity index (χ1) is 20.2. The molecule has 1 aliphatic rings. The van der Waals surface area contributed by atoms with E-state index in [0.717, 1.165) is 11.1 Å². The molecule has 4 atom stereocenters. The van der Waals surface area contributed by atoms with Gasteiger partial charge in [0.1, 0.15) is 24.1 Å². The number of imidazole rings is 1. The van der Waals surface area contributed by atoms with Gasteiger partial charge in [0.25, 0.3) is 0 Å². The molecule has 2 aromatic carbocycles. The van der Waals surface area contributed by atoms with E-state index in [4.69, 9.17) is 4.74 Å². The Morgan fingerprint density at radius 1 is 0.976 bits per heavy atom. The maximum atomic E-state index is 12.6. The second kappa shape index (κ2) is 12.8. The number of hydrogen-bond acceptors (Lipinski definition) is 10. The van der Waals surface area contributed by atoms with Crippen LogP contribution in [0.25, 0.3) is 11.2 Å². The summed E-state index contributed by atoms with van der Waals surface area (Å²) >= 11 is 0.